The first-order valence-electron chi connectivity index (χ1n) is 5.50. The fraction of sp³-hybridized carbons (Fsp3) is 0.583. The molecule has 2 unspecified atom stereocenters. The quantitative estimate of drug-likeness (QED) is 0.859. The van der Waals surface area contributed by atoms with Crippen molar-refractivity contribution < 1.29 is 9.84 Å². The van der Waals surface area contributed by atoms with E-state index in [0.29, 0.717) is 5.75 Å². The van der Waals surface area contributed by atoms with E-state index >= 15 is 0 Å². The molecule has 1 aliphatic heterocycles. The Hall–Kier alpha value is -0.740. The van der Waals surface area contributed by atoms with Gasteiger partial charge >= 0.3 is 0 Å². The Morgan fingerprint density at radius 3 is 3.06 bits per heavy atom. The molecule has 0 amide bonds. The van der Waals surface area contributed by atoms with Gasteiger partial charge in [0.25, 0.3) is 0 Å². The largest absolute Gasteiger partial charge is 0.495 e. The summed E-state index contributed by atoms with van der Waals surface area (Å²) in [4.78, 5) is 4.12. The van der Waals surface area contributed by atoms with Gasteiger partial charge in [-0.05, 0) is 24.7 Å². The third kappa shape index (κ3) is 2.04. The maximum atomic E-state index is 10.7. The van der Waals surface area contributed by atoms with Gasteiger partial charge in [0.15, 0.2) is 0 Å². The van der Waals surface area contributed by atoms with Gasteiger partial charge in [0.1, 0.15) is 11.4 Å². The Bertz CT molecular complexity index is 372. The highest BCUT2D eigenvalue weighted by Crippen LogP contribution is 2.41. The standard InChI is InChI=1S/C12H17NO2S/c1-9-12(14,4-3-5-16-9)10-6-11(15-2)8-13-7-10/h6-9,14H,3-5H2,1-2H3. The summed E-state index contributed by atoms with van der Waals surface area (Å²) in [7, 11) is 1.61. The molecule has 2 rings (SSSR count). The van der Waals surface area contributed by atoms with Crippen LogP contribution in [0.4, 0.5) is 0 Å². The molecule has 1 fully saturated rings. The van der Waals surface area contributed by atoms with E-state index in [1.54, 1.807) is 19.5 Å². The predicted octanol–water partition coefficient (Wildman–Crippen LogP) is 2.19. The Kier molecular flexibility index (Phi) is 3.40. The highest BCUT2D eigenvalue weighted by molar-refractivity contribution is 8.00. The van der Waals surface area contributed by atoms with Crippen molar-refractivity contribution in [2.45, 2.75) is 30.6 Å². The Balaban J connectivity index is 2.33. The van der Waals surface area contributed by atoms with Crippen LogP contribution < -0.4 is 4.74 Å². The van der Waals surface area contributed by atoms with E-state index in [1.807, 2.05) is 17.8 Å². The van der Waals surface area contributed by atoms with Gasteiger partial charge < -0.3 is 9.84 Å². The Morgan fingerprint density at radius 2 is 2.38 bits per heavy atom. The molecule has 3 nitrogen and oxygen atoms in total. The highest BCUT2D eigenvalue weighted by Gasteiger charge is 2.38. The van der Waals surface area contributed by atoms with Crippen LogP contribution in [0.2, 0.25) is 0 Å². The van der Waals surface area contributed by atoms with Gasteiger partial charge in [0.05, 0.1) is 13.3 Å². The minimum absolute atomic E-state index is 0.204. The summed E-state index contributed by atoms with van der Waals surface area (Å²) >= 11 is 1.81. The second-order valence-corrected chi connectivity index (χ2v) is 5.60. The van der Waals surface area contributed by atoms with E-state index in [-0.39, 0.29) is 5.25 Å². The fourth-order valence-corrected chi connectivity index (χ4v) is 3.28. The van der Waals surface area contributed by atoms with Gasteiger partial charge in [-0.15, -0.1) is 0 Å². The van der Waals surface area contributed by atoms with Crippen molar-refractivity contribution in [1.82, 2.24) is 4.98 Å². The van der Waals surface area contributed by atoms with Crippen molar-refractivity contribution >= 4 is 11.8 Å². The number of methoxy groups -OCH3 is 1. The van der Waals surface area contributed by atoms with Gasteiger partial charge in [-0.1, -0.05) is 6.92 Å². The number of pyridine rings is 1. The molecule has 1 N–H and O–H groups in total. The third-order valence-corrected chi connectivity index (χ3v) is 4.61. The van der Waals surface area contributed by atoms with E-state index < -0.39 is 5.60 Å². The summed E-state index contributed by atoms with van der Waals surface area (Å²) in [5.41, 5.74) is 0.108. The number of thioether (sulfide) groups is 1. The molecule has 88 valence electrons. The van der Waals surface area contributed by atoms with Crippen LogP contribution in [-0.4, -0.2) is 28.2 Å². The summed E-state index contributed by atoms with van der Waals surface area (Å²) in [5, 5.41) is 10.9. The monoisotopic (exact) mass is 239 g/mol. The van der Waals surface area contributed by atoms with Crippen molar-refractivity contribution in [1.29, 1.82) is 0 Å². The van der Waals surface area contributed by atoms with Crippen molar-refractivity contribution in [3.63, 3.8) is 0 Å². The number of hydrogen-bond donors (Lipinski definition) is 1. The molecule has 1 aromatic heterocycles. The number of hydrogen-bond acceptors (Lipinski definition) is 4. The summed E-state index contributed by atoms with van der Waals surface area (Å²) < 4.78 is 5.15. The predicted molar refractivity (Wildman–Crippen MR) is 65.8 cm³/mol. The molecule has 1 aromatic rings. The number of nitrogens with zero attached hydrogens (tertiary/aromatic N) is 1. The lowest BCUT2D eigenvalue weighted by Crippen LogP contribution is -2.38. The van der Waals surface area contributed by atoms with Crippen molar-refractivity contribution in [2.24, 2.45) is 0 Å². The van der Waals surface area contributed by atoms with Crippen LogP contribution in [0, 0.1) is 0 Å². The second kappa shape index (κ2) is 4.63. The number of aliphatic hydroxyl groups is 1. The van der Waals surface area contributed by atoms with Gasteiger partial charge in [-0.3, -0.25) is 4.98 Å². The molecule has 2 heterocycles. The maximum absolute atomic E-state index is 10.7. The van der Waals surface area contributed by atoms with Crippen LogP contribution >= 0.6 is 11.8 Å². The SMILES string of the molecule is COc1cncc(C2(O)CCCSC2C)c1. The van der Waals surface area contributed by atoms with E-state index in [0.717, 1.165) is 24.2 Å². The maximum Gasteiger partial charge on any atom is 0.137 e. The van der Waals surface area contributed by atoms with E-state index in [1.165, 1.54) is 0 Å². The molecule has 0 radical (unpaired) electrons. The molecule has 4 heteroatoms. The smallest absolute Gasteiger partial charge is 0.137 e. The number of rotatable bonds is 2. The molecular weight excluding hydrogens is 222 g/mol. The highest BCUT2D eigenvalue weighted by atomic mass is 32.2. The second-order valence-electron chi connectivity index (χ2n) is 4.15. The van der Waals surface area contributed by atoms with Gasteiger partial charge in [0, 0.05) is 17.0 Å². The minimum atomic E-state index is -0.759. The lowest BCUT2D eigenvalue weighted by molar-refractivity contribution is 0.0249. The molecule has 1 aliphatic rings. The summed E-state index contributed by atoms with van der Waals surface area (Å²) in [6.45, 7) is 2.07. The van der Waals surface area contributed by atoms with Gasteiger partial charge in [-0.25, -0.2) is 0 Å². The topological polar surface area (TPSA) is 42.4 Å². The molecule has 0 aliphatic carbocycles. The Labute approximate surface area is 100 Å². The van der Waals surface area contributed by atoms with Crippen LogP contribution in [0.5, 0.6) is 5.75 Å². The summed E-state index contributed by atoms with van der Waals surface area (Å²) in [6.07, 6.45) is 5.25. The van der Waals surface area contributed by atoms with Crippen LogP contribution in [0.3, 0.4) is 0 Å². The van der Waals surface area contributed by atoms with E-state index in [9.17, 15) is 5.11 Å². The van der Waals surface area contributed by atoms with Crippen molar-refractivity contribution in [3.8, 4) is 5.75 Å². The summed E-state index contributed by atoms with van der Waals surface area (Å²) in [6, 6.07) is 1.88. The molecular formula is C12H17NO2S. The first-order chi connectivity index (χ1) is 7.66. The van der Waals surface area contributed by atoms with Crippen LogP contribution in [-0.2, 0) is 5.60 Å². The molecule has 0 bridgehead atoms. The zero-order valence-corrected chi connectivity index (χ0v) is 10.5. The fourth-order valence-electron chi connectivity index (χ4n) is 2.09. The lowest BCUT2D eigenvalue weighted by Gasteiger charge is -2.37. The van der Waals surface area contributed by atoms with Crippen LogP contribution in [0.1, 0.15) is 25.3 Å². The molecule has 0 saturated carbocycles. The molecule has 0 aromatic carbocycles. The molecule has 16 heavy (non-hydrogen) atoms. The van der Waals surface area contributed by atoms with E-state index in [2.05, 4.69) is 11.9 Å². The van der Waals surface area contributed by atoms with Gasteiger partial charge in [0.2, 0.25) is 0 Å². The third-order valence-electron chi connectivity index (χ3n) is 3.19. The van der Waals surface area contributed by atoms with Crippen molar-refractivity contribution in [3.05, 3.63) is 24.0 Å². The Morgan fingerprint density at radius 1 is 1.56 bits per heavy atom. The zero-order valence-electron chi connectivity index (χ0n) is 9.64. The average Bonchev–Trinajstić information content (AvgIpc) is 2.33. The zero-order chi connectivity index (χ0) is 11.6. The van der Waals surface area contributed by atoms with Crippen molar-refractivity contribution in [2.75, 3.05) is 12.9 Å². The van der Waals surface area contributed by atoms with Gasteiger partial charge in [-0.2, -0.15) is 11.8 Å². The van der Waals surface area contributed by atoms with Crippen LogP contribution in [0.15, 0.2) is 18.5 Å². The number of aromatic nitrogens is 1. The van der Waals surface area contributed by atoms with E-state index in [4.69, 9.17) is 4.74 Å². The first kappa shape index (κ1) is 11.7. The number of ether oxygens (including phenoxy) is 1. The minimum Gasteiger partial charge on any atom is -0.495 e. The normalized spacial score (nSPS) is 30.1. The molecule has 0 spiro atoms. The summed E-state index contributed by atoms with van der Waals surface area (Å²) in [5.74, 6) is 1.83. The molecule has 1 saturated heterocycles. The van der Waals surface area contributed by atoms with Crippen LogP contribution in [0.25, 0.3) is 0 Å². The average molecular weight is 239 g/mol. The lowest BCUT2D eigenvalue weighted by atomic mass is 9.87. The molecule has 2 atom stereocenters. The first-order valence-corrected chi connectivity index (χ1v) is 6.55.